The molecule has 0 aromatic heterocycles. The number of ether oxygens (including phenoxy) is 1. The quantitative estimate of drug-likeness (QED) is 0.527. The molecule has 3 atom stereocenters. The molecule has 3 amide bonds. The van der Waals surface area contributed by atoms with Crippen LogP contribution in [0.5, 0.6) is 0 Å². The molecular weight excluding hydrogens is 418 g/mol. The lowest BCUT2D eigenvalue weighted by Gasteiger charge is -2.35. The highest BCUT2D eigenvalue weighted by Crippen LogP contribution is 2.24. The Morgan fingerprint density at radius 1 is 1.00 bits per heavy atom. The summed E-state index contributed by atoms with van der Waals surface area (Å²) in [6.07, 6.45) is 1.14. The van der Waals surface area contributed by atoms with Gasteiger partial charge in [0.15, 0.2) is 0 Å². The van der Waals surface area contributed by atoms with Gasteiger partial charge in [0.2, 0.25) is 11.8 Å². The van der Waals surface area contributed by atoms with E-state index in [4.69, 9.17) is 4.74 Å². The van der Waals surface area contributed by atoms with Crippen LogP contribution in [0.25, 0.3) is 0 Å². The van der Waals surface area contributed by atoms with Crippen molar-refractivity contribution in [1.82, 2.24) is 15.5 Å². The second-order valence-electron chi connectivity index (χ2n) is 10.0. The molecule has 7 nitrogen and oxygen atoms in total. The minimum Gasteiger partial charge on any atom is -0.444 e. The summed E-state index contributed by atoms with van der Waals surface area (Å²) in [7, 11) is 0. The third kappa shape index (κ3) is 9.06. The van der Waals surface area contributed by atoms with Gasteiger partial charge in [-0.1, -0.05) is 57.0 Å². The second kappa shape index (κ2) is 12.6. The van der Waals surface area contributed by atoms with Gasteiger partial charge in [-0.25, -0.2) is 4.79 Å². The van der Waals surface area contributed by atoms with Crippen molar-refractivity contribution in [1.29, 1.82) is 0 Å². The monoisotopic (exact) mass is 461 g/mol. The van der Waals surface area contributed by atoms with Crippen molar-refractivity contribution < 1.29 is 19.1 Å². The van der Waals surface area contributed by atoms with E-state index in [1.54, 1.807) is 25.7 Å². The Balaban J connectivity index is 3.30. The number of nitrogens with zero attached hydrogens (tertiary/aromatic N) is 1. The number of likely N-dealkylation sites (N-methyl/N-ethyl adjacent to an activating group) is 1. The fourth-order valence-corrected chi connectivity index (χ4v) is 3.64. The van der Waals surface area contributed by atoms with E-state index in [0.29, 0.717) is 6.54 Å². The van der Waals surface area contributed by atoms with Crippen molar-refractivity contribution >= 4 is 17.9 Å². The smallest absolute Gasteiger partial charge is 0.408 e. The number of nitrogens with one attached hydrogen (secondary N) is 2. The highest BCUT2D eigenvalue weighted by atomic mass is 16.6. The highest BCUT2D eigenvalue weighted by molar-refractivity contribution is 5.92. The molecule has 1 aromatic rings. The number of aryl methyl sites for hydroxylation is 1. The molecule has 7 heteroatoms. The number of carbonyl (C=O) groups is 3. The molecule has 2 N–H and O–H groups in total. The molecule has 33 heavy (non-hydrogen) atoms. The first-order valence-electron chi connectivity index (χ1n) is 12.0. The predicted molar refractivity (Wildman–Crippen MR) is 132 cm³/mol. The summed E-state index contributed by atoms with van der Waals surface area (Å²) >= 11 is 0. The van der Waals surface area contributed by atoms with Crippen LogP contribution in [0, 0.1) is 12.8 Å². The molecule has 1 rings (SSSR count). The third-order valence-corrected chi connectivity index (χ3v) is 5.29. The molecule has 0 saturated heterocycles. The van der Waals surface area contributed by atoms with Gasteiger partial charge in [-0.2, -0.15) is 0 Å². The summed E-state index contributed by atoms with van der Waals surface area (Å²) in [5.41, 5.74) is 1.12. The molecule has 1 aromatic carbocycles. The molecule has 186 valence electrons. The molecule has 3 unspecified atom stereocenters. The van der Waals surface area contributed by atoms with Crippen molar-refractivity contribution in [3.05, 3.63) is 35.4 Å². The standard InChI is InChI=1S/C26H43N3O4/c1-10-12-19(6)27-23(30)22(20-15-13-18(5)14-16-20)29(11-2)24(31)21(17(3)4)28-25(32)33-26(7,8)9/h13-17,19,21-22H,10-12H2,1-9H3,(H,27,30)(H,28,32). The average molecular weight is 462 g/mol. The predicted octanol–water partition coefficient (Wildman–Crippen LogP) is 4.74. The lowest BCUT2D eigenvalue weighted by Crippen LogP contribution is -2.55. The maximum Gasteiger partial charge on any atom is 0.408 e. The van der Waals surface area contributed by atoms with Gasteiger partial charge in [0.25, 0.3) is 0 Å². The summed E-state index contributed by atoms with van der Waals surface area (Å²) in [5, 5.41) is 5.78. The van der Waals surface area contributed by atoms with Crippen LogP contribution in [0.4, 0.5) is 4.79 Å². The summed E-state index contributed by atoms with van der Waals surface area (Å²) < 4.78 is 5.37. The van der Waals surface area contributed by atoms with Crippen molar-refractivity contribution in [3.63, 3.8) is 0 Å². The Labute approximate surface area is 199 Å². The molecule has 0 spiro atoms. The van der Waals surface area contributed by atoms with Crippen LogP contribution in [0.15, 0.2) is 24.3 Å². The van der Waals surface area contributed by atoms with Gasteiger partial charge in [-0.05, 0) is 59.4 Å². The summed E-state index contributed by atoms with van der Waals surface area (Å²) in [4.78, 5) is 41.1. The van der Waals surface area contributed by atoms with Crippen LogP contribution in [-0.2, 0) is 14.3 Å². The van der Waals surface area contributed by atoms with E-state index in [-0.39, 0.29) is 23.8 Å². The summed E-state index contributed by atoms with van der Waals surface area (Å²) in [6.45, 7) is 17.2. The number of hydrogen-bond acceptors (Lipinski definition) is 4. The van der Waals surface area contributed by atoms with Crippen molar-refractivity contribution in [2.75, 3.05) is 6.54 Å². The SMILES string of the molecule is CCCC(C)NC(=O)C(c1ccc(C)cc1)N(CC)C(=O)C(NC(=O)OC(C)(C)C)C(C)C. The van der Waals surface area contributed by atoms with Crippen LogP contribution in [0.1, 0.15) is 85.4 Å². The Morgan fingerprint density at radius 3 is 2.03 bits per heavy atom. The van der Waals surface area contributed by atoms with Gasteiger partial charge < -0.3 is 20.3 Å². The first-order chi connectivity index (χ1) is 15.3. The van der Waals surface area contributed by atoms with Crippen molar-refractivity contribution in [3.8, 4) is 0 Å². The van der Waals surface area contributed by atoms with E-state index in [2.05, 4.69) is 17.6 Å². The van der Waals surface area contributed by atoms with Gasteiger partial charge in [0.1, 0.15) is 17.7 Å². The van der Waals surface area contributed by atoms with Gasteiger partial charge >= 0.3 is 6.09 Å². The molecular formula is C26H43N3O4. The molecule has 0 heterocycles. The van der Waals surface area contributed by atoms with Gasteiger partial charge in [0.05, 0.1) is 0 Å². The van der Waals surface area contributed by atoms with Gasteiger partial charge in [0, 0.05) is 12.6 Å². The van der Waals surface area contributed by atoms with E-state index < -0.39 is 23.8 Å². The summed E-state index contributed by atoms with van der Waals surface area (Å²) in [5.74, 6) is -0.739. The first-order valence-corrected chi connectivity index (χ1v) is 12.0. The highest BCUT2D eigenvalue weighted by Gasteiger charge is 2.37. The van der Waals surface area contributed by atoms with Gasteiger partial charge in [-0.15, -0.1) is 0 Å². The average Bonchev–Trinajstić information content (AvgIpc) is 2.69. The number of carbonyl (C=O) groups excluding carboxylic acids is 3. The first kappa shape index (κ1) is 28.5. The number of benzene rings is 1. The molecule has 0 bridgehead atoms. The van der Waals surface area contributed by atoms with E-state index >= 15 is 0 Å². The Bertz CT molecular complexity index is 784. The molecule has 0 aliphatic carbocycles. The van der Waals surface area contributed by atoms with Gasteiger partial charge in [-0.3, -0.25) is 9.59 Å². The zero-order chi connectivity index (χ0) is 25.3. The number of hydrogen-bond donors (Lipinski definition) is 2. The zero-order valence-corrected chi connectivity index (χ0v) is 21.8. The zero-order valence-electron chi connectivity index (χ0n) is 21.8. The van der Waals surface area contributed by atoms with E-state index in [1.807, 2.05) is 58.9 Å². The van der Waals surface area contributed by atoms with Crippen LogP contribution in [0.2, 0.25) is 0 Å². The van der Waals surface area contributed by atoms with Crippen molar-refractivity contribution in [2.24, 2.45) is 5.92 Å². The fourth-order valence-electron chi connectivity index (χ4n) is 3.64. The normalized spacial score (nSPS) is 14.2. The van der Waals surface area contributed by atoms with E-state index in [0.717, 1.165) is 24.0 Å². The number of rotatable bonds is 10. The Morgan fingerprint density at radius 2 is 1.58 bits per heavy atom. The largest absolute Gasteiger partial charge is 0.444 e. The second-order valence-corrected chi connectivity index (χ2v) is 10.0. The minimum atomic E-state index is -0.825. The number of amides is 3. The fraction of sp³-hybridized carbons (Fsp3) is 0.654. The maximum atomic E-state index is 13.7. The topological polar surface area (TPSA) is 87.7 Å². The third-order valence-electron chi connectivity index (χ3n) is 5.29. The maximum absolute atomic E-state index is 13.7. The molecule has 0 saturated carbocycles. The minimum absolute atomic E-state index is 0.00922. The van der Waals surface area contributed by atoms with Crippen LogP contribution < -0.4 is 10.6 Å². The summed E-state index contributed by atoms with van der Waals surface area (Å²) in [6, 6.07) is 5.99. The Hall–Kier alpha value is -2.57. The molecule has 0 radical (unpaired) electrons. The molecule has 0 fully saturated rings. The van der Waals surface area contributed by atoms with Crippen molar-refractivity contribution in [2.45, 2.75) is 98.9 Å². The van der Waals surface area contributed by atoms with E-state index in [9.17, 15) is 14.4 Å². The lowest BCUT2D eigenvalue weighted by molar-refractivity contribution is -0.143. The molecule has 0 aliphatic rings. The van der Waals surface area contributed by atoms with Crippen LogP contribution >= 0.6 is 0 Å². The van der Waals surface area contributed by atoms with Crippen LogP contribution in [-0.4, -0.2) is 47.0 Å². The van der Waals surface area contributed by atoms with E-state index in [1.165, 1.54) is 0 Å². The molecule has 0 aliphatic heterocycles. The number of alkyl carbamates (subject to hydrolysis) is 1. The lowest BCUT2D eigenvalue weighted by atomic mass is 9.98. The van der Waals surface area contributed by atoms with Crippen LogP contribution in [0.3, 0.4) is 0 Å². The Kier molecular flexibility index (Phi) is 10.9.